The van der Waals surface area contributed by atoms with Crippen LogP contribution in [0.3, 0.4) is 0 Å². The molecule has 0 atom stereocenters. The molecule has 0 aliphatic heterocycles. The van der Waals surface area contributed by atoms with Crippen LogP contribution in [0.2, 0.25) is 5.02 Å². The van der Waals surface area contributed by atoms with Gasteiger partial charge in [-0.05, 0) is 51.8 Å². The van der Waals surface area contributed by atoms with Crippen molar-refractivity contribution in [3.63, 3.8) is 0 Å². The van der Waals surface area contributed by atoms with E-state index in [9.17, 15) is 9.59 Å². The van der Waals surface area contributed by atoms with Gasteiger partial charge in [0.2, 0.25) is 0 Å². The molecule has 0 heterocycles. The molecule has 1 amide bonds. The Kier molecular flexibility index (Phi) is 7.12. The monoisotopic (exact) mass is 415 g/mol. The molecule has 0 saturated carbocycles. The molecule has 0 aromatic heterocycles. The topological polar surface area (TPSA) is 55.4 Å². The van der Waals surface area contributed by atoms with Crippen molar-refractivity contribution in [3.05, 3.63) is 69.7 Å². The molecule has 156 valence electrons. The molecule has 29 heavy (non-hydrogen) atoms. The fraction of sp³-hybridized carbons (Fsp3) is 0.417. The third-order valence-corrected chi connectivity index (χ3v) is 4.89. The summed E-state index contributed by atoms with van der Waals surface area (Å²) < 4.78 is 5.26. The minimum absolute atomic E-state index is 0.105. The normalized spacial score (nSPS) is 11.8. The van der Waals surface area contributed by atoms with Gasteiger partial charge in [-0.25, -0.2) is 4.79 Å². The van der Waals surface area contributed by atoms with Gasteiger partial charge in [-0.1, -0.05) is 71.3 Å². The molecule has 2 aromatic rings. The van der Waals surface area contributed by atoms with E-state index in [1.165, 1.54) is 0 Å². The van der Waals surface area contributed by atoms with Gasteiger partial charge in [0, 0.05) is 11.6 Å². The molecular formula is C24H30ClNO3. The predicted molar refractivity (Wildman–Crippen MR) is 117 cm³/mol. The number of amides is 1. The van der Waals surface area contributed by atoms with Gasteiger partial charge in [0.05, 0.1) is 5.56 Å². The summed E-state index contributed by atoms with van der Waals surface area (Å²) in [7, 11) is 0. The van der Waals surface area contributed by atoms with Crippen molar-refractivity contribution in [1.82, 2.24) is 5.32 Å². The van der Waals surface area contributed by atoms with E-state index in [1.807, 2.05) is 24.3 Å². The summed E-state index contributed by atoms with van der Waals surface area (Å²) in [6.45, 7) is 12.7. The zero-order valence-electron chi connectivity index (χ0n) is 18.1. The smallest absolute Gasteiger partial charge is 0.338 e. The highest BCUT2D eigenvalue weighted by Gasteiger charge is 2.23. The zero-order chi connectivity index (χ0) is 21.8. The van der Waals surface area contributed by atoms with Crippen LogP contribution in [-0.2, 0) is 26.9 Å². The van der Waals surface area contributed by atoms with E-state index in [0.29, 0.717) is 17.1 Å². The van der Waals surface area contributed by atoms with Gasteiger partial charge >= 0.3 is 5.97 Å². The van der Waals surface area contributed by atoms with Gasteiger partial charge in [0.15, 0.2) is 6.61 Å². The Hall–Kier alpha value is -2.33. The van der Waals surface area contributed by atoms with Gasteiger partial charge in [-0.15, -0.1) is 0 Å². The Morgan fingerprint density at radius 1 is 0.897 bits per heavy atom. The van der Waals surface area contributed by atoms with Crippen LogP contribution in [0, 0.1) is 0 Å². The second-order valence-corrected chi connectivity index (χ2v) is 9.71. The van der Waals surface area contributed by atoms with E-state index < -0.39 is 5.97 Å². The Balaban J connectivity index is 2.04. The van der Waals surface area contributed by atoms with E-state index in [-0.39, 0.29) is 23.3 Å². The largest absolute Gasteiger partial charge is 0.452 e. The van der Waals surface area contributed by atoms with Crippen LogP contribution in [0.5, 0.6) is 0 Å². The Morgan fingerprint density at radius 2 is 1.41 bits per heavy atom. The molecule has 1 N–H and O–H groups in total. The molecular weight excluding hydrogens is 386 g/mol. The molecule has 2 aromatic carbocycles. The number of nitrogens with one attached hydrogen (secondary N) is 1. The lowest BCUT2D eigenvalue weighted by molar-refractivity contribution is -0.124. The first kappa shape index (κ1) is 23.0. The summed E-state index contributed by atoms with van der Waals surface area (Å²) in [5.41, 5.74) is 3.29. The summed E-state index contributed by atoms with van der Waals surface area (Å²) in [5.74, 6) is -0.848. The highest BCUT2D eigenvalue weighted by molar-refractivity contribution is 6.30. The van der Waals surface area contributed by atoms with Crippen molar-refractivity contribution >= 4 is 23.5 Å². The second kappa shape index (κ2) is 9.00. The third-order valence-electron chi connectivity index (χ3n) is 4.64. The van der Waals surface area contributed by atoms with E-state index in [1.54, 1.807) is 12.1 Å². The van der Waals surface area contributed by atoms with Crippen LogP contribution in [-0.4, -0.2) is 18.5 Å². The number of carbonyl (C=O) groups is 2. The number of hydrogen-bond donors (Lipinski definition) is 1. The van der Waals surface area contributed by atoms with Gasteiger partial charge < -0.3 is 10.1 Å². The van der Waals surface area contributed by atoms with Crippen LogP contribution in [0.15, 0.2) is 42.5 Å². The quantitative estimate of drug-likeness (QED) is 0.664. The SMILES string of the molecule is CC(C)(C)c1cc(C(=O)OCC(=O)NCc2ccc(Cl)cc2)cc(C(C)(C)C)c1. The van der Waals surface area contributed by atoms with Gasteiger partial charge in [0.25, 0.3) is 5.91 Å². The minimum atomic E-state index is -0.497. The van der Waals surface area contributed by atoms with Crippen molar-refractivity contribution < 1.29 is 14.3 Å². The number of carbonyl (C=O) groups excluding carboxylic acids is 2. The molecule has 0 aliphatic rings. The standard InChI is InChI=1S/C24H30ClNO3/c1-23(2,3)18-11-17(12-19(13-18)24(4,5)6)22(28)29-15-21(27)26-14-16-7-9-20(25)10-8-16/h7-13H,14-15H2,1-6H3,(H,26,27). The Labute approximate surface area is 178 Å². The third kappa shape index (κ3) is 6.90. The van der Waals surface area contributed by atoms with E-state index in [2.05, 4.69) is 52.9 Å². The maximum absolute atomic E-state index is 12.6. The summed E-state index contributed by atoms with van der Waals surface area (Å²) in [4.78, 5) is 24.7. The molecule has 5 heteroatoms. The van der Waals surface area contributed by atoms with Crippen LogP contribution in [0.1, 0.15) is 68.6 Å². The number of hydrogen-bond acceptors (Lipinski definition) is 3. The molecule has 0 saturated heterocycles. The zero-order valence-corrected chi connectivity index (χ0v) is 18.8. The maximum Gasteiger partial charge on any atom is 0.338 e. The molecule has 0 aliphatic carbocycles. The Bertz CT molecular complexity index is 842. The second-order valence-electron chi connectivity index (χ2n) is 9.28. The van der Waals surface area contributed by atoms with E-state index >= 15 is 0 Å². The van der Waals surface area contributed by atoms with Gasteiger partial charge in [0.1, 0.15) is 0 Å². The average molecular weight is 416 g/mol. The van der Waals surface area contributed by atoms with Crippen LogP contribution in [0.25, 0.3) is 0 Å². The van der Waals surface area contributed by atoms with Crippen LogP contribution >= 0.6 is 11.6 Å². The number of halogens is 1. The lowest BCUT2D eigenvalue weighted by Gasteiger charge is -2.25. The highest BCUT2D eigenvalue weighted by atomic mass is 35.5. The molecule has 4 nitrogen and oxygen atoms in total. The summed E-state index contributed by atoms with van der Waals surface area (Å²) in [6, 6.07) is 13.0. The summed E-state index contributed by atoms with van der Waals surface area (Å²) >= 11 is 5.85. The first-order valence-corrected chi connectivity index (χ1v) is 10.1. The molecule has 0 radical (unpaired) electrons. The van der Waals surface area contributed by atoms with Crippen LogP contribution in [0.4, 0.5) is 0 Å². The first-order valence-electron chi connectivity index (χ1n) is 9.70. The van der Waals surface area contributed by atoms with E-state index in [0.717, 1.165) is 16.7 Å². The number of rotatable bonds is 5. The minimum Gasteiger partial charge on any atom is -0.452 e. The lowest BCUT2D eigenvalue weighted by atomic mass is 9.79. The fourth-order valence-corrected chi connectivity index (χ4v) is 2.81. The van der Waals surface area contributed by atoms with Crippen molar-refractivity contribution in [2.24, 2.45) is 0 Å². The predicted octanol–water partition coefficient (Wildman–Crippen LogP) is 5.41. The highest BCUT2D eigenvalue weighted by Crippen LogP contribution is 2.30. The molecule has 0 bridgehead atoms. The fourth-order valence-electron chi connectivity index (χ4n) is 2.68. The Morgan fingerprint density at radius 3 is 1.90 bits per heavy atom. The molecule has 0 fully saturated rings. The number of esters is 1. The molecule has 0 unspecified atom stereocenters. The van der Waals surface area contributed by atoms with Crippen molar-refractivity contribution in [3.8, 4) is 0 Å². The maximum atomic E-state index is 12.6. The van der Waals surface area contributed by atoms with Gasteiger partial charge in [-0.3, -0.25) is 4.79 Å². The number of ether oxygens (including phenoxy) is 1. The van der Waals surface area contributed by atoms with Crippen LogP contribution < -0.4 is 5.32 Å². The first-order chi connectivity index (χ1) is 13.4. The average Bonchev–Trinajstić information content (AvgIpc) is 2.63. The molecule has 2 rings (SSSR count). The van der Waals surface area contributed by atoms with Crippen molar-refractivity contribution in [1.29, 1.82) is 0 Å². The van der Waals surface area contributed by atoms with E-state index in [4.69, 9.17) is 16.3 Å². The van der Waals surface area contributed by atoms with Crippen molar-refractivity contribution in [2.75, 3.05) is 6.61 Å². The number of benzene rings is 2. The summed E-state index contributed by atoms with van der Waals surface area (Å²) in [6.07, 6.45) is 0. The lowest BCUT2D eigenvalue weighted by Crippen LogP contribution is -2.28. The summed E-state index contributed by atoms with van der Waals surface area (Å²) in [5, 5.41) is 3.38. The van der Waals surface area contributed by atoms with Gasteiger partial charge in [-0.2, -0.15) is 0 Å². The van der Waals surface area contributed by atoms with Crippen molar-refractivity contribution in [2.45, 2.75) is 58.9 Å². The molecule has 0 spiro atoms.